The van der Waals surface area contributed by atoms with Gasteiger partial charge in [0.05, 0.1) is 11.8 Å². The molecule has 0 amide bonds. The van der Waals surface area contributed by atoms with Crippen LogP contribution in [0.15, 0.2) is 16.8 Å². The van der Waals surface area contributed by atoms with Crippen molar-refractivity contribution in [3.05, 3.63) is 28.1 Å². The van der Waals surface area contributed by atoms with Gasteiger partial charge in [-0.2, -0.15) is 21.7 Å². The summed E-state index contributed by atoms with van der Waals surface area (Å²) in [6.45, 7) is 2.16. The van der Waals surface area contributed by atoms with Gasteiger partial charge >= 0.3 is 0 Å². The number of hydrogen-bond donors (Lipinski definition) is 1. The van der Waals surface area contributed by atoms with Crippen LogP contribution in [-0.4, -0.2) is 16.3 Å². The van der Waals surface area contributed by atoms with Gasteiger partial charge in [0.2, 0.25) is 0 Å². The number of hydrogen-bond acceptors (Lipinski definition) is 4. The number of nitrogens with one attached hydrogen (secondary N) is 1. The highest BCUT2D eigenvalue weighted by Gasteiger charge is 2.21. The molecule has 0 radical (unpaired) electrons. The molecule has 3 rings (SSSR count). The highest BCUT2D eigenvalue weighted by molar-refractivity contribution is 7.08. The summed E-state index contributed by atoms with van der Waals surface area (Å²) in [4.78, 5) is 0. The Morgan fingerprint density at radius 1 is 1.59 bits per heavy atom. The summed E-state index contributed by atoms with van der Waals surface area (Å²) in [6.07, 6.45) is 0.953. The lowest BCUT2D eigenvalue weighted by Gasteiger charge is -2.14. The van der Waals surface area contributed by atoms with Gasteiger partial charge in [-0.15, -0.1) is 0 Å². The molecule has 2 aromatic heterocycles. The molecule has 86 valence electrons. The molecule has 1 aliphatic rings. The van der Waals surface area contributed by atoms with Crippen LogP contribution in [0, 0.1) is 11.3 Å². The van der Waals surface area contributed by atoms with Gasteiger partial charge in [-0.05, 0) is 11.4 Å². The van der Waals surface area contributed by atoms with Crippen LogP contribution in [0.5, 0.6) is 0 Å². The van der Waals surface area contributed by atoms with E-state index in [0.29, 0.717) is 6.54 Å². The fourth-order valence-corrected chi connectivity index (χ4v) is 2.89. The van der Waals surface area contributed by atoms with Crippen LogP contribution in [0.1, 0.15) is 11.3 Å². The molecule has 0 aliphatic carbocycles. The molecule has 0 aromatic carbocycles. The first-order valence-electron chi connectivity index (χ1n) is 5.59. The average molecular weight is 244 g/mol. The number of nitrogens with zero attached hydrogens (tertiary/aromatic N) is 3. The molecular weight excluding hydrogens is 232 g/mol. The SMILES string of the molecule is N#CCn1nc(-c2ccsc2)c2c1CCNC2. The zero-order chi connectivity index (χ0) is 11.7. The van der Waals surface area contributed by atoms with Crippen LogP contribution in [0.2, 0.25) is 0 Å². The monoisotopic (exact) mass is 244 g/mol. The molecule has 0 saturated heterocycles. The lowest BCUT2D eigenvalue weighted by atomic mass is 10.0. The van der Waals surface area contributed by atoms with E-state index in [2.05, 4.69) is 33.3 Å². The van der Waals surface area contributed by atoms with Crippen molar-refractivity contribution >= 4 is 11.3 Å². The smallest absolute Gasteiger partial charge is 0.128 e. The zero-order valence-electron chi connectivity index (χ0n) is 9.31. The maximum absolute atomic E-state index is 8.84. The Balaban J connectivity index is 2.13. The van der Waals surface area contributed by atoms with Crippen LogP contribution in [0.3, 0.4) is 0 Å². The molecule has 17 heavy (non-hydrogen) atoms. The predicted molar refractivity (Wildman–Crippen MR) is 66.6 cm³/mol. The first-order valence-corrected chi connectivity index (χ1v) is 6.53. The Labute approximate surface area is 103 Å². The summed E-state index contributed by atoms with van der Waals surface area (Å²) < 4.78 is 1.85. The van der Waals surface area contributed by atoms with E-state index in [9.17, 15) is 0 Å². The quantitative estimate of drug-likeness (QED) is 0.876. The van der Waals surface area contributed by atoms with Crippen molar-refractivity contribution < 1.29 is 0 Å². The zero-order valence-corrected chi connectivity index (χ0v) is 10.1. The van der Waals surface area contributed by atoms with E-state index >= 15 is 0 Å². The van der Waals surface area contributed by atoms with Gasteiger partial charge in [-0.25, -0.2) is 0 Å². The van der Waals surface area contributed by atoms with E-state index < -0.39 is 0 Å². The minimum absolute atomic E-state index is 0.340. The van der Waals surface area contributed by atoms with E-state index in [1.54, 1.807) is 11.3 Å². The molecule has 1 N–H and O–H groups in total. The van der Waals surface area contributed by atoms with Crippen molar-refractivity contribution in [2.45, 2.75) is 19.5 Å². The molecule has 0 unspecified atom stereocenters. The summed E-state index contributed by atoms with van der Waals surface area (Å²) >= 11 is 1.67. The summed E-state index contributed by atoms with van der Waals surface area (Å²) in [7, 11) is 0. The van der Waals surface area contributed by atoms with Crippen molar-refractivity contribution in [1.29, 1.82) is 5.26 Å². The predicted octanol–water partition coefficient (Wildman–Crippen LogP) is 1.78. The second-order valence-corrected chi connectivity index (χ2v) is 4.81. The van der Waals surface area contributed by atoms with Crippen molar-refractivity contribution in [2.75, 3.05) is 6.54 Å². The summed E-state index contributed by atoms with van der Waals surface area (Å²) in [5.74, 6) is 0. The third kappa shape index (κ3) is 1.75. The molecule has 0 spiro atoms. The molecule has 0 atom stereocenters. The minimum atomic E-state index is 0.340. The van der Waals surface area contributed by atoms with E-state index in [0.717, 1.165) is 30.8 Å². The van der Waals surface area contributed by atoms with Crippen molar-refractivity contribution in [2.24, 2.45) is 0 Å². The first kappa shape index (κ1) is 10.5. The second kappa shape index (κ2) is 4.32. The summed E-state index contributed by atoms with van der Waals surface area (Å²) in [5.41, 5.74) is 4.66. The second-order valence-electron chi connectivity index (χ2n) is 4.03. The van der Waals surface area contributed by atoms with Gasteiger partial charge in [-0.1, -0.05) is 0 Å². The fourth-order valence-electron chi connectivity index (χ4n) is 2.25. The van der Waals surface area contributed by atoms with Gasteiger partial charge in [-0.3, -0.25) is 4.68 Å². The molecule has 3 heterocycles. The molecule has 5 heteroatoms. The largest absolute Gasteiger partial charge is 0.312 e. The molecule has 0 saturated carbocycles. The Kier molecular flexibility index (Phi) is 2.67. The summed E-state index contributed by atoms with van der Waals surface area (Å²) in [6, 6.07) is 4.26. The van der Waals surface area contributed by atoms with Crippen LogP contribution in [-0.2, 0) is 19.5 Å². The van der Waals surface area contributed by atoms with Gasteiger partial charge in [0.1, 0.15) is 6.54 Å². The summed E-state index contributed by atoms with van der Waals surface area (Å²) in [5, 5.41) is 20.9. The Hall–Kier alpha value is -1.64. The maximum atomic E-state index is 8.84. The minimum Gasteiger partial charge on any atom is -0.312 e. The molecule has 1 aliphatic heterocycles. The standard InChI is InChI=1S/C12H12N4S/c13-3-5-16-11-1-4-14-7-10(11)12(15-16)9-2-6-17-8-9/h2,6,8,14H,1,4-5,7H2. The van der Waals surface area contributed by atoms with E-state index in [-0.39, 0.29) is 0 Å². The van der Waals surface area contributed by atoms with Crippen molar-refractivity contribution in [3.8, 4) is 17.3 Å². The Bertz CT molecular complexity index is 562. The fraction of sp³-hybridized carbons (Fsp3) is 0.333. The normalized spacial score (nSPS) is 14.3. The number of aromatic nitrogens is 2. The van der Waals surface area contributed by atoms with Crippen LogP contribution in [0.25, 0.3) is 11.3 Å². The lowest BCUT2D eigenvalue weighted by molar-refractivity contribution is 0.590. The van der Waals surface area contributed by atoms with Crippen LogP contribution in [0.4, 0.5) is 0 Å². The highest BCUT2D eigenvalue weighted by Crippen LogP contribution is 2.28. The Morgan fingerprint density at radius 2 is 2.53 bits per heavy atom. The van der Waals surface area contributed by atoms with E-state index in [1.807, 2.05) is 4.68 Å². The van der Waals surface area contributed by atoms with Crippen LogP contribution >= 0.6 is 11.3 Å². The first-order chi connectivity index (χ1) is 8.40. The number of thiophene rings is 1. The lowest BCUT2D eigenvalue weighted by Crippen LogP contribution is -2.24. The van der Waals surface area contributed by atoms with Crippen molar-refractivity contribution in [3.63, 3.8) is 0 Å². The van der Waals surface area contributed by atoms with Gasteiger partial charge in [0, 0.05) is 41.7 Å². The third-order valence-corrected chi connectivity index (χ3v) is 3.71. The van der Waals surface area contributed by atoms with Crippen molar-refractivity contribution in [1.82, 2.24) is 15.1 Å². The molecule has 4 nitrogen and oxygen atoms in total. The number of rotatable bonds is 2. The average Bonchev–Trinajstić information content (AvgIpc) is 2.97. The van der Waals surface area contributed by atoms with Gasteiger partial charge < -0.3 is 5.32 Å². The van der Waals surface area contributed by atoms with Gasteiger partial charge in [0.15, 0.2) is 0 Å². The van der Waals surface area contributed by atoms with E-state index in [4.69, 9.17) is 5.26 Å². The molecular formula is C12H12N4S. The Morgan fingerprint density at radius 3 is 3.29 bits per heavy atom. The molecule has 0 fully saturated rings. The number of fused-ring (bicyclic) bond motifs is 1. The van der Waals surface area contributed by atoms with E-state index in [1.165, 1.54) is 11.3 Å². The number of nitriles is 1. The molecule has 2 aromatic rings. The highest BCUT2D eigenvalue weighted by atomic mass is 32.1. The maximum Gasteiger partial charge on any atom is 0.128 e. The topological polar surface area (TPSA) is 53.6 Å². The molecule has 0 bridgehead atoms. The third-order valence-electron chi connectivity index (χ3n) is 3.02. The van der Waals surface area contributed by atoms with Gasteiger partial charge in [0.25, 0.3) is 0 Å². The van der Waals surface area contributed by atoms with Crippen LogP contribution < -0.4 is 5.32 Å².